The van der Waals surface area contributed by atoms with Crippen LogP contribution in [0, 0.1) is 0 Å². The minimum Gasteiger partial charge on any atom is -0.493 e. The van der Waals surface area contributed by atoms with Gasteiger partial charge in [0.15, 0.2) is 17.3 Å². The second kappa shape index (κ2) is 6.06. The smallest absolute Gasteiger partial charge is 0.189 e. The fraction of sp³-hybridized carbons (Fsp3) is 0.211. The third kappa shape index (κ3) is 2.62. The summed E-state index contributed by atoms with van der Waals surface area (Å²) >= 11 is 0. The first-order valence-corrected chi connectivity index (χ1v) is 7.28. The molecule has 0 bridgehead atoms. The van der Waals surface area contributed by atoms with E-state index in [4.69, 9.17) is 9.47 Å². The maximum absolute atomic E-state index is 12.7. The number of ether oxygens (including phenoxy) is 2. The van der Waals surface area contributed by atoms with Crippen molar-refractivity contribution in [3.05, 3.63) is 64.7 Å². The van der Waals surface area contributed by atoms with Crippen molar-refractivity contribution < 1.29 is 14.3 Å². The molecule has 0 fully saturated rings. The standard InChI is InChI=1S/C19H18O3/c1-21-17-11-14-8-9-15(10-13-6-4-3-5-7-13)19(20)16(14)12-18(17)22-2/h3-7,10-12H,8-9H2,1-2H3/b15-10-. The molecule has 0 aromatic heterocycles. The molecule has 22 heavy (non-hydrogen) atoms. The Bertz CT molecular complexity index is 730. The van der Waals surface area contributed by atoms with Crippen molar-refractivity contribution in [2.45, 2.75) is 12.8 Å². The van der Waals surface area contributed by atoms with Crippen LogP contribution >= 0.6 is 0 Å². The van der Waals surface area contributed by atoms with Gasteiger partial charge < -0.3 is 9.47 Å². The van der Waals surface area contributed by atoms with Crippen LogP contribution in [-0.2, 0) is 6.42 Å². The topological polar surface area (TPSA) is 35.5 Å². The number of carbonyl (C=O) groups is 1. The Labute approximate surface area is 130 Å². The van der Waals surface area contributed by atoms with Crippen LogP contribution in [0.25, 0.3) is 6.08 Å². The van der Waals surface area contributed by atoms with Gasteiger partial charge in [0.2, 0.25) is 0 Å². The molecule has 2 aromatic carbocycles. The molecule has 1 aliphatic rings. The van der Waals surface area contributed by atoms with Crippen LogP contribution in [0.15, 0.2) is 48.0 Å². The zero-order chi connectivity index (χ0) is 15.5. The molecule has 1 aliphatic carbocycles. The molecule has 0 spiro atoms. The summed E-state index contributed by atoms with van der Waals surface area (Å²) in [4.78, 5) is 12.7. The van der Waals surface area contributed by atoms with E-state index in [9.17, 15) is 4.79 Å². The number of benzene rings is 2. The fourth-order valence-electron chi connectivity index (χ4n) is 2.78. The van der Waals surface area contributed by atoms with Crippen LogP contribution in [0.3, 0.4) is 0 Å². The SMILES string of the molecule is COc1cc2c(cc1OC)C(=O)/C(=C\c1ccccc1)CC2. The monoisotopic (exact) mass is 294 g/mol. The number of allylic oxidation sites excluding steroid dienone is 1. The first-order valence-electron chi connectivity index (χ1n) is 7.28. The summed E-state index contributed by atoms with van der Waals surface area (Å²) in [5.41, 5.74) is 3.62. The molecular formula is C19H18O3. The summed E-state index contributed by atoms with van der Waals surface area (Å²) in [7, 11) is 3.19. The van der Waals surface area contributed by atoms with E-state index >= 15 is 0 Å². The maximum atomic E-state index is 12.7. The van der Waals surface area contributed by atoms with Gasteiger partial charge in [0.25, 0.3) is 0 Å². The molecule has 112 valence electrons. The van der Waals surface area contributed by atoms with Gasteiger partial charge >= 0.3 is 0 Å². The summed E-state index contributed by atoms with van der Waals surface area (Å²) in [5, 5.41) is 0. The number of carbonyl (C=O) groups excluding carboxylic acids is 1. The number of rotatable bonds is 3. The highest BCUT2D eigenvalue weighted by Crippen LogP contribution is 2.35. The molecule has 0 unspecified atom stereocenters. The van der Waals surface area contributed by atoms with Crippen LogP contribution in [0.5, 0.6) is 11.5 Å². The van der Waals surface area contributed by atoms with Crippen molar-refractivity contribution in [2.75, 3.05) is 14.2 Å². The van der Waals surface area contributed by atoms with Crippen LogP contribution in [0.1, 0.15) is 27.9 Å². The Balaban J connectivity index is 2.00. The van der Waals surface area contributed by atoms with Crippen molar-refractivity contribution in [3.63, 3.8) is 0 Å². The van der Waals surface area contributed by atoms with Crippen molar-refractivity contribution in [3.8, 4) is 11.5 Å². The summed E-state index contributed by atoms with van der Waals surface area (Å²) in [6.07, 6.45) is 3.55. The first-order chi connectivity index (χ1) is 10.7. The number of fused-ring (bicyclic) bond motifs is 1. The number of hydrogen-bond donors (Lipinski definition) is 0. The molecule has 0 amide bonds. The zero-order valence-electron chi connectivity index (χ0n) is 12.8. The van der Waals surface area contributed by atoms with Gasteiger partial charge in [-0.05, 0) is 42.2 Å². The number of methoxy groups -OCH3 is 2. The zero-order valence-corrected chi connectivity index (χ0v) is 12.8. The molecule has 0 radical (unpaired) electrons. The number of ketones is 1. The lowest BCUT2D eigenvalue weighted by Gasteiger charge is -2.20. The molecule has 0 N–H and O–H groups in total. The number of Topliss-reactive ketones (excluding diaryl/α,β-unsaturated/α-hetero) is 1. The minimum atomic E-state index is 0.0751. The maximum Gasteiger partial charge on any atom is 0.189 e. The Morgan fingerprint density at radius 1 is 0.955 bits per heavy atom. The average molecular weight is 294 g/mol. The summed E-state index contributed by atoms with van der Waals surface area (Å²) in [5.74, 6) is 1.34. The Morgan fingerprint density at radius 3 is 2.32 bits per heavy atom. The lowest BCUT2D eigenvalue weighted by molar-refractivity contribution is 0.102. The van der Waals surface area contributed by atoms with Crippen molar-refractivity contribution in [2.24, 2.45) is 0 Å². The quantitative estimate of drug-likeness (QED) is 0.805. The lowest BCUT2D eigenvalue weighted by Crippen LogP contribution is -2.14. The second-order valence-corrected chi connectivity index (χ2v) is 5.27. The highest BCUT2D eigenvalue weighted by atomic mass is 16.5. The van der Waals surface area contributed by atoms with E-state index in [0.717, 1.165) is 29.5 Å². The molecule has 3 nitrogen and oxygen atoms in total. The van der Waals surface area contributed by atoms with E-state index in [1.165, 1.54) is 0 Å². The summed E-state index contributed by atoms with van der Waals surface area (Å²) in [6, 6.07) is 13.6. The Hall–Kier alpha value is -2.55. The third-order valence-corrected chi connectivity index (χ3v) is 3.95. The van der Waals surface area contributed by atoms with Gasteiger partial charge in [0.05, 0.1) is 14.2 Å². The summed E-state index contributed by atoms with van der Waals surface area (Å²) < 4.78 is 10.6. The third-order valence-electron chi connectivity index (χ3n) is 3.95. The van der Waals surface area contributed by atoms with E-state index in [0.29, 0.717) is 17.1 Å². The molecule has 0 saturated heterocycles. The highest BCUT2D eigenvalue weighted by Gasteiger charge is 2.24. The predicted molar refractivity (Wildman–Crippen MR) is 86.6 cm³/mol. The van der Waals surface area contributed by atoms with Gasteiger partial charge in [-0.1, -0.05) is 30.3 Å². The molecular weight excluding hydrogens is 276 g/mol. The normalized spacial score (nSPS) is 15.5. The first kappa shape index (κ1) is 14.4. The molecule has 0 aliphatic heterocycles. The molecule has 2 aromatic rings. The lowest BCUT2D eigenvalue weighted by atomic mass is 9.85. The molecule has 3 heteroatoms. The summed E-state index contributed by atoms with van der Waals surface area (Å²) in [6.45, 7) is 0. The van der Waals surface area contributed by atoms with Crippen LogP contribution in [0.4, 0.5) is 0 Å². The largest absolute Gasteiger partial charge is 0.493 e. The Morgan fingerprint density at radius 2 is 1.64 bits per heavy atom. The van der Waals surface area contributed by atoms with E-state index < -0.39 is 0 Å². The van der Waals surface area contributed by atoms with E-state index in [2.05, 4.69) is 0 Å². The molecule has 0 atom stereocenters. The Kier molecular flexibility index (Phi) is 3.96. The predicted octanol–water partition coefficient (Wildman–Crippen LogP) is 3.92. The number of hydrogen-bond acceptors (Lipinski definition) is 3. The van der Waals surface area contributed by atoms with Gasteiger partial charge in [0.1, 0.15) is 0 Å². The minimum absolute atomic E-state index is 0.0751. The van der Waals surface area contributed by atoms with Crippen LogP contribution in [0.2, 0.25) is 0 Å². The van der Waals surface area contributed by atoms with E-state index in [-0.39, 0.29) is 5.78 Å². The van der Waals surface area contributed by atoms with E-state index in [1.807, 2.05) is 42.5 Å². The van der Waals surface area contributed by atoms with Crippen LogP contribution in [-0.4, -0.2) is 20.0 Å². The van der Waals surface area contributed by atoms with Crippen molar-refractivity contribution in [1.29, 1.82) is 0 Å². The van der Waals surface area contributed by atoms with Gasteiger partial charge in [-0.15, -0.1) is 0 Å². The van der Waals surface area contributed by atoms with Crippen molar-refractivity contribution in [1.82, 2.24) is 0 Å². The van der Waals surface area contributed by atoms with E-state index in [1.54, 1.807) is 20.3 Å². The van der Waals surface area contributed by atoms with Gasteiger partial charge in [-0.25, -0.2) is 0 Å². The molecule has 0 heterocycles. The molecule has 0 saturated carbocycles. The van der Waals surface area contributed by atoms with Gasteiger partial charge in [-0.2, -0.15) is 0 Å². The van der Waals surface area contributed by atoms with Gasteiger partial charge in [-0.3, -0.25) is 4.79 Å². The van der Waals surface area contributed by atoms with Crippen LogP contribution < -0.4 is 9.47 Å². The van der Waals surface area contributed by atoms with Crippen molar-refractivity contribution >= 4 is 11.9 Å². The fourth-order valence-corrected chi connectivity index (χ4v) is 2.78. The van der Waals surface area contributed by atoms with Gasteiger partial charge in [0, 0.05) is 11.1 Å². The number of aryl methyl sites for hydroxylation is 1. The highest BCUT2D eigenvalue weighted by molar-refractivity contribution is 6.13. The average Bonchev–Trinajstić information content (AvgIpc) is 2.57. The second-order valence-electron chi connectivity index (χ2n) is 5.27. The molecule has 3 rings (SSSR count).